The molecule has 0 saturated carbocycles. The van der Waals surface area contributed by atoms with Crippen molar-refractivity contribution >= 4 is 22.1 Å². The van der Waals surface area contributed by atoms with Crippen LogP contribution in [0.1, 0.15) is 33.7 Å². The molecule has 9 nitrogen and oxygen atoms in total. The lowest BCUT2D eigenvalue weighted by molar-refractivity contribution is 0.0681. The van der Waals surface area contributed by atoms with Gasteiger partial charge in [0.05, 0.1) is 0 Å². The molecule has 1 aliphatic heterocycles. The monoisotopic (exact) mass is 420 g/mol. The highest BCUT2D eigenvalue weighted by atomic mass is 32.2. The molecule has 0 unspecified atom stereocenters. The van der Waals surface area contributed by atoms with E-state index in [1.807, 2.05) is 11.9 Å². The molecule has 1 amide bonds. The number of nitrogens with two attached hydrogens (primary N) is 1. The zero-order valence-electron chi connectivity index (χ0n) is 16.0. The highest BCUT2D eigenvalue weighted by molar-refractivity contribution is 7.87. The van der Waals surface area contributed by atoms with Crippen LogP contribution >= 0.6 is 0 Å². The number of piperidine rings is 1. The maximum Gasteiger partial charge on any atom is 0.354 e. The Labute approximate surface area is 169 Å². The summed E-state index contributed by atoms with van der Waals surface area (Å²) < 4.78 is 23.7. The van der Waals surface area contributed by atoms with Crippen molar-refractivity contribution in [2.75, 3.05) is 26.7 Å². The largest absolute Gasteiger partial charge is 0.477 e. The number of carboxylic acid groups (broad SMARTS) is 1. The number of carboxylic acids is 1. The second kappa shape index (κ2) is 8.36. The minimum absolute atomic E-state index is 0.0694. The van der Waals surface area contributed by atoms with E-state index in [9.17, 15) is 23.1 Å². The maximum absolute atomic E-state index is 12.7. The molecule has 0 bridgehead atoms. The van der Waals surface area contributed by atoms with Crippen LogP contribution < -0.4 is 10.5 Å². The lowest BCUT2D eigenvalue weighted by Gasteiger charge is -2.32. The van der Waals surface area contributed by atoms with Crippen molar-refractivity contribution in [3.63, 3.8) is 0 Å². The number of carbonyl (C=O) groups is 2. The molecule has 0 radical (unpaired) electrons. The summed E-state index contributed by atoms with van der Waals surface area (Å²) in [6, 6.07) is 7.83. The molecule has 4 N–H and O–H groups in total. The van der Waals surface area contributed by atoms with Gasteiger partial charge in [0.25, 0.3) is 5.91 Å². The topological polar surface area (TPSA) is 135 Å². The normalized spacial score (nSPS) is 15.4. The SMILES string of the molecule is CNCC1CCN(C(=O)c2ccc(-c3ccn(S(N)(=O)=O)c3C(=O)O)cc2)CC1. The van der Waals surface area contributed by atoms with Gasteiger partial charge in [-0.1, -0.05) is 12.1 Å². The minimum atomic E-state index is -4.24. The minimum Gasteiger partial charge on any atom is -0.477 e. The quantitative estimate of drug-likeness (QED) is 0.638. The molecule has 156 valence electrons. The summed E-state index contributed by atoms with van der Waals surface area (Å²) in [5.41, 5.74) is 0.745. The van der Waals surface area contributed by atoms with E-state index < -0.39 is 21.9 Å². The average molecular weight is 420 g/mol. The van der Waals surface area contributed by atoms with E-state index >= 15 is 0 Å². The Morgan fingerprint density at radius 1 is 1.17 bits per heavy atom. The molecule has 1 aromatic carbocycles. The van der Waals surface area contributed by atoms with Gasteiger partial charge in [0.15, 0.2) is 5.69 Å². The molecular weight excluding hydrogens is 396 g/mol. The van der Waals surface area contributed by atoms with Gasteiger partial charge >= 0.3 is 16.2 Å². The van der Waals surface area contributed by atoms with Gasteiger partial charge in [0, 0.05) is 30.4 Å². The van der Waals surface area contributed by atoms with Crippen molar-refractivity contribution in [2.45, 2.75) is 12.8 Å². The molecule has 1 aromatic heterocycles. The van der Waals surface area contributed by atoms with Gasteiger partial charge in [-0.2, -0.15) is 8.42 Å². The molecular formula is C19H24N4O5S. The van der Waals surface area contributed by atoms with Crippen molar-refractivity contribution < 1.29 is 23.1 Å². The van der Waals surface area contributed by atoms with E-state index in [2.05, 4.69) is 5.32 Å². The number of nitrogens with zero attached hydrogens (tertiary/aromatic N) is 2. The van der Waals surface area contributed by atoms with Gasteiger partial charge in [0.1, 0.15) is 0 Å². The number of likely N-dealkylation sites (tertiary alicyclic amines) is 1. The summed E-state index contributed by atoms with van der Waals surface area (Å²) in [6.07, 6.45) is 3.00. The number of hydrogen-bond donors (Lipinski definition) is 3. The van der Waals surface area contributed by atoms with Gasteiger partial charge in [-0.3, -0.25) is 4.79 Å². The number of aromatic nitrogens is 1. The summed E-state index contributed by atoms with van der Waals surface area (Å²) in [5, 5.41) is 17.7. The summed E-state index contributed by atoms with van der Waals surface area (Å²) in [4.78, 5) is 26.1. The molecule has 0 atom stereocenters. The van der Waals surface area contributed by atoms with Gasteiger partial charge in [-0.15, -0.1) is 0 Å². The third-order valence-corrected chi connectivity index (χ3v) is 6.02. The van der Waals surface area contributed by atoms with E-state index in [-0.39, 0.29) is 11.5 Å². The first kappa shape index (κ1) is 21.0. The van der Waals surface area contributed by atoms with Crippen molar-refractivity contribution in [1.82, 2.24) is 14.2 Å². The fourth-order valence-electron chi connectivity index (χ4n) is 3.67. The number of benzene rings is 1. The van der Waals surface area contributed by atoms with Gasteiger partial charge in [-0.25, -0.2) is 13.9 Å². The first-order valence-electron chi connectivity index (χ1n) is 9.24. The molecule has 0 aliphatic carbocycles. The van der Waals surface area contributed by atoms with Gasteiger partial charge in [-0.05, 0) is 56.1 Å². The van der Waals surface area contributed by atoms with E-state index in [0.29, 0.717) is 34.1 Å². The van der Waals surface area contributed by atoms with E-state index in [0.717, 1.165) is 25.6 Å². The van der Waals surface area contributed by atoms with Crippen LogP contribution in [0.25, 0.3) is 11.1 Å². The van der Waals surface area contributed by atoms with Crippen LogP contribution in [0.4, 0.5) is 0 Å². The number of aromatic carboxylic acids is 1. The molecule has 0 spiro atoms. The predicted octanol–water partition coefficient (Wildman–Crippen LogP) is 0.977. The second-order valence-electron chi connectivity index (χ2n) is 7.09. The van der Waals surface area contributed by atoms with Crippen LogP contribution in [-0.2, 0) is 10.2 Å². The summed E-state index contributed by atoms with van der Waals surface area (Å²) in [5.74, 6) is -0.910. The van der Waals surface area contributed by atoms with E-state index in [4.69, 9.17) is 5.14 Å². The Morgan fingerprint density at radius 2 is 1.79 bits per heavy atom. The Balaban J connectivity index is 1.80. The van der Waals surface area contributed by atoms with Crippen molar-refractivity contribution in [1.29, 1.82) is 0 Å². The fourth-order valence-corrected chi connectivity index (χ4v) is 4.33. The molecule has 29 heavy (non-hydrogen) atoms. The van der Waals surface area contributed by atoms with Crippen LogP contribution in [0.2, 0.25) is 0 Å². The fraction of sp³-hybridized carbons (Fsp3) is 0.368. The third kappa shape index (κ3) is 4.50. The molecule has 1 fully saturated rings. The van der Waals surface area contributed by atoms with Crippen LogP contribution in [0.3, 0.4) is 0 Å². The van der Waals surface area contributed by atoms with Crippen LogP contribution in [-0.4, -0.2) is 61.0 Å². The number of amides is 1. The Bertz CT molecular complexity index is 1010. The molecule has 2 heterocycles. The second-order valence-corrected chi connectivity index (χ2v) is 8.52. The smallest absolute Gasteiger partial charge is 0.354 e. The molecule has 2 aromatic rings. The summed E-state index contributed by atoms with van der Waals surface area (Å²) in [7, 11) is -2.32. The van der Waals surface area contributed by atoms with E-state index in [1.165, 1.54) is 6.07 Å². The maximum atomic E-state index is 12.7. The van der Waals surface area contributed by atoms with Crippen LogP contribution in [0, 0.1) is 5.92 Å². The highest BCUT2D eigenvalue weighted by Gasteiger charge is 2.25. The third-order valence-electron chi connectivity index (χ3n) is 5.17. The van der Waals surface area contributed by atoms with Crippen molar-refractivity contribution in [3.8, 4) is 11.1 Å². The zero-order chi connectivity index (χ0) is 21.2. The van der Waals surface area contributed by atoms with Gasteiger partial charge in [0.2, 0.25) is 0 Å². The van der Waals surface area contributed by atoms with Crippen LogP contribution in [0.15, 0.2) is 36.5 Å². The number of rotatable bonds is 6. The van der Waals surface area contributed by atoms with Crippen LogP contribution in [0.5, 0.6) is 0 Å². The summed E-state index contributed by atoms with van der Waals surface area (Å²) in [6.45, 7) is 2.35. The molecule has 1 saturated heterocycles. The predicted molar refractivity (Wildman–Crippen MR) is 108 cm³/mol. The van der Waals surface area contributed by atoms with Gasteiger partial charge < -0.3 is 15.3 Å². The lowest BCUT2D eigenvalue weighted by atomic mass is 9.96. The van der Waals surface area contributed by atoms with E-state index in [1.54, 1.807) is 24.3 Å². The Kier molecular flexibility index (Phi) is 6.06. The first-order chi connectivity index (χ1) is 13.7. The Hall–Kier alpha value is -2.69. The number of hydrogen-bond acceptors (Lipinski definition) is 5. The molecule has 10 heteroatoms. The Morgan fingerprint density at radius 3 is 2.31 bits per heavy atom. The summed E-state index contributed by atoms with van der Waals surface area (Å²) >= 11 is 0. The lowest BCUT2D eigenvalue weighted by Crippen LogP contribution is -2.40. The average Bonchev–Trinajstić information content (AvgIpc) is 3.14. The number of nitrogens with one attached hydrogen (secondary N) is 1. The highest BCUT2D eigenvalue weighted by Crippen LogP contribution is 2.27. The van der Waals surface area contributed by atoms with Crippen molar-refractivity contribution in [3.05, 3.63) is 47.8 Å². The molecule has 1 aliphatic rings. The molecule has 3 rings (SSSR count). The zero-order valence-corrected chi connectivity index (χ0v) is 16.9. The first-order valence-corrected chi connectivity index (χ1v) is 10.7. The van der Waals surface area contributed by atoms with Crippen molar-refractivity contribution in [2.24, 2.45) is 11.1 Å². The number of carbonyl (C=O) groups excluding carboxylic acids is 1. The standard InChI is InChI=1S/C19H24N4O5S/c1-21-12-13-6-9-22(10-7-13)18(24)15-4-2-14(3-5-15)16-8-11-23(29(20,27)28)17(16)19(25)26/h2-5,8,11,13,21H,6-7,9-10,12H2,1H3,(H,25,26)(H2,20,27,28).